The molecule has 0 unspecified atom stereocenters. The van der Waals surface area contributed by atoms with Gasteiger partial charge in [-0.15, -0.1) is 10.2 Å². The van der Waals surface area contributed by atoms with Gasteiger partial charge in [-0.3, -0.25) is 9.20 Å². The molecule has 0 aliphatic carbocycles. The number of ether oxygens (including phenoxy) is 1. The van der Waals surface area contributed by atoms with E-state index in [1.165, 1.54) is 0 Å². The van der Waals surface area contributed by atoms with Gasteiger partial charge in [0.25, 0.3) is 0 Å². The van der Waals surface area contributed by atoms with E-state index in [2.05, 4.69) is 21.8 Å². The number of nitrogens with one attached hydrogen (secondary N) is 1. The minimum absolute atomic E-state index is 0.0656. The van der Waals surface area contributed by atoms with E-state index < -0.39 is 0 Å². The van der Waals surface area contributed by atoms with Crippen molar-refractivity contribution in [3.8, 4) is 5.75 Å². The smallest absolute Gasteiger partial charge is 0.240 e. The van der Waals surface area contributed by atoms with E-state index in [1.807, 2.05) is 63.8 Å². The molecule has 1 amide bonds. The van der Waals surface area contributed by atoms with Crippen LogP contribution in [0.3, 0.4) is 0 Å². The molecule has 0 bridgehead atoms. The SMILES string of the molecule is COc1cccc2c1ccn2CC(=O)N[C@@H](CCSC)c1nnc2ccccn12. The third-order valence-electron chi connectivity index (χ3n) is 4.91. The standard InChI is InChI=1S/C21H23N5O2S/c1-28-18-7-5-6-17-15(18)9-12-25(17)14-20(27)22-16(10-13-29-2)21-24-23-19-8-3-4-11-26(19)21/h3-9,11-12,16H,10,13-14H2,1-2H3,(H,22,27)/t16-/m0/s1. The Morgan fingerprint density at radius 1 is 1.17 bits per heavy atom. The Labute approximate surface area is 173 Å². The largest absolute Gasteiger partial charge is 0.496 e. The van der Waals surface area contributed by atoms with E-state index in [-0.39, 0.29) is 18.5 Å². The van der Waals surface area contributed by atoms with Crippen molar-refractivity contribution in [1.82, 2.24) is 24.5 Å². The minimum atomic E-state index is -0.205. The van der Waals surface area contributed by atoms with Gasteiger partial charge in [-0.2, -0.15) is 11.8 Å². The summed E-state index contributed by atoms with van der Waals surface area (Å²) in [6.07, 6.45) is 6.67. The van der Waals surface area contributed by atoms with E-state index in [0.717, 1.165) is 40.3 Å². The molecule has 8 heteroatoms. The number of thioether (sulfide) groups is 1. The zero-order valence-electron chi connectivity index (χ0n) is 16.4. The van der Waals surface area contributed by atoms with Crippen molar-refractivity contribution >= 4 is 34.2 Å². The van der Waals surface area contributed by atoms with E-state index >= 15 is 0 Å². The van der Waals surface area contributed by atoms with Crippen molar-refractivity contribution in [3.05, 3.63) is 60.7 Å². The number of carbonyl (C=O) groups excluding carboxylic acids is 1. The Bertz CT molecular complexity index is 1140. The first-order chi connectivity index (χ1) is 14.2. The van der Waals surface area contributed by atoms with E-state index in [4.69, 9.17) is 4.74 Å². The number of benzene rings is 1. The van der Waals surface area contributed by atoms with Crippen LogP contribution in [0.25, 0.3) is 16.6 Å². The van der Waals surface area contributed by atoms with Gasteiger partial charge in [-0.25, -0.2) is 0 Å². The van der Waals surface area contributed by atoms with Gasteiger partial charge < -0.3 is 14.6 Å². The molecule has 0 aliphatic heterocycles. The van der Waals surface area contributed by atoms with Crippen LogP contribution in [0.1, 0.15) is 18.3 Å². The van der Waals surface area contributed by atoms with Crippen LogP contribution in [0.5, 0.6) is 5.75 Å². The fourth-order valence-corrected chi connectivity index (χ4v) is 3.98. The molecule has 0 fully saturated rings. The summed E-state index contributed by atoms with van der Waals surface area (Å²) in [6, 6.07) is 13.4. The molecule has 1 atom stereocenters. The molecule has 0 saturated heterocycles. The summed E-state index contributed by atoms with van der Waals surface area (Å²) in [7, 11) is 1.65. The Morgan fingerprint density at radius 3 is 2.90 bits per heavy atom. The Balaban J connectivity index is 1.56. The van der Waals surface area contributed by atoms with Gasteiger partial charge in [0, 0.05) is 17.8 Å². The van der Waals surface area contributed by atoms with Crippen molar-refractivity contribution in [2.75, 3.05) is 19.1 Å². The number of amides is 1. The predicted molar refractivity (Wildman–Crippen MR) is 115 cm³/mol. The number of hydrogen-bond acceptors (Lipinski definition) is 5. The number of pyridine rings is 1. The third kappa shape index (κ3) is 3.93. The summed E-state index contributed by atoms with van der Waals surface area (Å²) < 4.78 is 9.27. The molecule has 1 N–H and O–H groups in total. The summed E-state index contributed by atoms with van der Waals surface area (Å²) in [5.74, 6) is 2.40. The number of fused-ring (bicyclic) bond motifs is 2. The van der Waals surface area contributed by atoms with E-state index in [0.29, 0.717) is 0 Å². The summed E-state index contributed by atoms with van der Waals surface area (Å²) in [4.78, 5) is 12.9. The molecule has 29 heavy (non-hydrogen) atoms. The molecular formula is C21H23N5O2S. The van der Waals surface area contributed by atoms with Crippen LogP contribution in [0.15, 0.2) is 54.9 Å². The number of methoxy groups -OCH3 is 1. The maximum Gasteiger partial charge on any atom is 0.240 e. The van der Waals surface area contributed by atoms with Crippen molar-refractivity contribution in [2.24, 2.45) is 0 Å². The zero-order chi connectivity index (χ0) is 20.2. The molecule has 150 valence electrons. The highest BCUT2D eigenvalue weighted by molar-refractivity contribution is 7.98. The second-order valence-corrected chi connectivity index (χ2v) is 7.71. The molecule has 7 nitrogen and oxygen atoms in total. The van der Waals surface area contributed by atoms with Gasteiger partial charge in [0.15, 0.2) is 11.5 Å². The van der Waals surface area contributed by atoms with E-state index in [1.54, 1.807) is 18.9 Å². The van der Waals surface area contributed by atoms with Gasteiger partial charge in [-0.05, 0) is 48.8 Å². The molecule has 0 saturated carbocycles. The lowest BCUT2D eigenvalue weighted by molar-refractivity contribution is -0.122. The normalized spacial score (nSPS) is 12.3. The summed E-state index contributed by atoms with van der Waals surface area (Å²) in [5.41, 5.74) is 1.74. The minimum Gasteiger partial charge on any atom is -0.496 e. The van der Waals surface area contributed by atoms with Gasteiger partial charge in [0.1, 0.15) is 12.3 Å². The Morgan fingerprint density at radius 2 is 2.07 bits per heavy atom. The number of nitrogens with zero attached hydrogens (tertiary/aromatic N) is 4. The highest BCUT2D eigenvalue weighted by atomic mass is 32.2. The van der Waals surface area contributed by atoms with Crippen LogP contribution in [-0.4, -0.2) is 44.2 Å². The van der Waals surface area contributed by atoms with Crippen LogP contribution < -0.4 is 10.1 Å². The highest BCUT2D eigenvalue weighted by Crippen LogP contribution is 2.26. The molecule has 1 aromatic carbocycles. The second-order valence-electron chi connectivity index (χ2n) is 6.73. The van der Waals surface area contributed by atoms with Crippen molar-refractivity contribution < 1.29 is 9.53 Å². The molecule has 0 radical (unpaired) electrons. The second kappa shape index (κ2) is 8.57. The molecule has 4 rings (SSSR count). The van der Waals surface area contributed by atoms with Gasteiger partial charge >= 0.3 is 0 Å². The van der Waals surface area contributed by atoms with E-state index in [9.17, 15) is 4.79 Å². The van der Waals surface area contributed by atoms with Crippen LogP contribution in [0, 0.1) is 0 Å². The first kappa shape index (κ1) is 19.3. The average Bonchev–Trinajstić information content (AvgIpc) is 3.35. The Hall–Kier alpha value is -3.00. The molecule has 4 aromatic rings. The quantitative estimate of drug-likeness (QED) is 0.483. The first-order valence-corrected chi connectivity index (χ1v) is 10.8. The fourth-order valence-electron chi connectivity index (χ4n) is 3.50. The number of aromatic nitrogens is 4. The van der Waals surface area contributed by atoms with Crippen molar-refractivity contribution in [2.45, 2.75) is 19.0 Å². The van der Waals surface area contributed by atoms with Crippen LogP contribution in [0.2, 0.25) is 0 Å². The lowest BCUT2D eigenvalue weighted by Gasteiger charge is -2.17. The Kier molecular flexibility index (Phi) is 5.71. The summed E-state index contributed by atoms with van der Waals surface area (Å²) in [5, 5.41) is 12.7. The molecular weight excluding hydrogens is 386 g/mol. The highest BCUT2D eigenvalue weighted by Gasteiger charge is 2.20. The molecule has 0 aliphatic rings. The average molecular weight is 410 g/mol. The van der Waals surface area contributed by atoms with Crippen molar-refractivity contribution in [3.63, 3.8) is 0 Å². The van der Waals surface area contributed by atoms with Crippen molar-refractivity contribution in [1.29, 1.82) is 0 Å². The number of rotatable bonds is 8. The topological polar surface area (TPSA) is 73.4 Å². The number of carbonyl (C=O) groups is 1. The van der Waals surface area contributed by atoms with Crippen LogP contribution >= 0.6 is 11.8 Å². The van der Waals surface area contributed by atoms with Gasteiger partial charge in [0.05, 0.1) is 18.7 Å². The monoisotopic (exact) mass is 409 g/mol. The predicted octanol–water partition coefficient (Wildman–Crippen LogP) is 3.30. The summed E-state index contributed by atoms with van der Waals surface area (Å²) in [6.45, 7) is 0.225. The maximum absolute atomic E-state index is 12.9. The molecule has 3 heterocycles. The maximum atomic E-state index is 12.9. The molecule has 3 aromatic heterocycles. The van der Waals surface area contributed by atoms with Crippen LogP contribution in [0.4, 0.5) is 0 Å². The number of hydrogen-bond donors (Lipinski definition) is 1. The first-order valence-electron chi connectivity index (χ1n) is 9.41. The molecule has 0 spiro atoms. The lowest BCUT2D eigenvalue weighted by atomic mass is 10.2. The zero-order valence-corrected chi connectivity index (χ0v) is 17.2. The summed E-state index contributed by atoms with van der Waals surface area (Å²) >= 11 is 1.74. The fraction of sp³-hybridized carbons (Fsp3) is 0.286. The van der Waals surface area contributed by atoms with Gasteiger partial charge in [0.2, 0.25) is 5.91 Å². The third-order valence-corrected chi connectivity index (χ3v) is 5.55. The lowest BCUT2D eigenvalue weighted by Crippen LogP contribution is -2.33. The van der Waals surface area contributed by atoms with Crippen LogP contribution in [-0.2, 0) is 11.3 Å². The van der Waals surface area contributed by atoms with Gasteiger partial charge in [-0.1, -0.05) is 12.1 Å².